The van der Waals surface area contributed by atoms with Crippen LogP contribution in [-0.2, 0) is 14.4 Å². The largest absolute Gasteiger partial charge is 0.347 e. The minimum Gasteiger partial charge on any atom is -0.347 e. The van der Waals surface area contributed by atoms with E-state index in [9.17, 15) is 14.4 Å². The minimum atomic E-state index is -1.01. The van der Waals surface area contributed by atoms with E-state index in [2.05, 4.69) is 10.6 Å². The van der Waals surface area contributed by atoms with Crippen LogP contribution in [0, 0.1) is 13.8 Å². The molecule has 0 saturated heterocycles. The Balaban J connectivity index is 2.04. The van der Waals surface area contributed by atoms with Gasteiger partial charge in [-0.05, 0) is 49.9 Å². The standard InChI is InChI=1S/C25H31N3O3/c1-18-11-10-12-19(2)23(18)27-24(31)25(15-8-5-9-16-25)28(21-13-6-4-7-14-21)22(30)17-26-20(3)29/h4,6-7,10-14H,5,8-9,15-17H2,1-3H3,(H,26,29)(H,27,31). The topological polar surface area (TPSA) is 78.5 Å². The first-order valence-electron chi connectivity index (χ1n) is 10.9. The molecule has 6 nitrogen and oxygen atoms in total. The summed E-state index contributed by atoms with van der Waals surface area (Å²) in [5.74, 6) is -0.747. The Morgan fingerprint density at radius 3 is 2.10 bits per heavy atom. The fraction of sp³-hybridized carbons (Fsp3) is 0.400. The van der Waals surface area contributed by atoms with Crippen molar-refractivity contribution in [3.8, 4) is 0 Å². The highest BCUT2D eigenvalue weighted by Crippen LogP contribution is 2.38. The van der Waals surface area contributed by atoms with E-state index in [0.29, 0.717) is 18.5 Å². The molecule has 1 saturated carbocycles. The van der Waals surface area contributed by atoms with Crippen LogP contribution in [0.4, 0.5) is 11.4 Å². The van der Waals surface area contributed by atoms with Crippen LogP contribution in [0.2, 0.25) is 0 Å². The quantitative estimate of drug-likeness (QED) is 0.737. The molecule has 0 radical (unpaired) electrons. The SMILES string of the molecule is CC(=O)NCC(=O)N(c1ccccc1)C1(C(=O)Nc2c(C)cccc2C)CCCCC1. The predicted octanol–water partition coefficient (Wildman–Crippen LogP) is 4.11. The first kappa shape index (κ1) is 22.5. The lowest BCUT2D eigenvalue weighted by atomic mass is 9.78. The molecule has 2 aromatic carbocycles. The van der Waals surface area contributed by atoms with Crippen LogP contribution in [0.5, 0.6) is 0 Å². The van der Waals surface area contributed by atoms with Crippen LogP contribution in [0.1, 0.15) is 50.2 Å². The number of anilines is 2. The second kappa shape index (κ2) is 9.77. The predicted molar refractivity (Wildman–Crippen MR) is 123 cm³/mol. The Morgan fingerprint density at radius 1 is 0.903 bits per heavy atom. The van der Waals surface area contributed by atoms with Gasteiger partial charge in [-0.15, -0.1) is 0 Å². The Labute approximate surface area is 184 Å². The van der Waals surface area contributed by atoms with E-state index in [-0.39, 0.29) is 24.3 Å². The second-order valence-corrected chi connectivity index (χ2v) is 8.29. The van der Waals surface area contributed by atoms with Gasteiger partial charge in [0.05, 0.1) is 6.54 Å². The highest BCUT2D eigenvalue weighted by atomic mass is 16.2. The van der Waals surface area contributed by atoms with Gasteiger partial charge in [0.2, 0.25) is 11.8 Å². The molecule has 6 heteroatoms. The summed E-state index contributed by atoms with van der Waals surface area (Å²) in [7, 11) is 0. The number of amides is 3. The number of aryl methyl sites for hydroxylation is 2. The van der Waals surface area contributed by atoms with E-state index < -0.39 is 5.54 Å². The van der Waals surface area contributed by atoms with Gasteiger partial charge >= 0.3 is 0 Å². The molecule has 31 heavy (non-hydrogen) atoms. The lowest BCUT2D eigenvalue weighted by molar-refractivity contribution is -0.128. The van der Waals surface area contributed by atoms with Gasteiger partial charge in [0.1, 0.15) is 5.54 Å². The molecular formula is C25H31N3O3. The molecule has 0 heterocycles. The van der Waals surface area contributed by atoms with Crippen molar-refractivity contribution < 1.29 is 14.4 Å². The number of hydrogen-bond donors (Lipinski definition) is 2. The average molecular weight is 422 g/mol. The van der Waals surface area contributed by atoms with Crippen LogP contribution >= 0.6 is 0 Å². The van der Waals surface area contributed by atoms with E-state index in [1.165, 1.54) is 6.92 Å². The summed E-state index contributed by atoms with van der Waals surface area (Å²) in [6.45, 7) is 5.16. The minimum absolute atomic E-state index is 0.150. The smallest absolute Gasteiger partial charge is 0.250 e. The van der Waals surface area contributed by atoms with E-state index >= 15 is 0 Å². The van der Waals surface area contributed by atoms with Crippen LogP contribution in [0.15, 0.2) is 48.5 Å². The molecule has 0 unspecified atom stereocenters. The van der Waals surface area contributed by atoms with Crippen molar-refractivity contribution in [3.63, 3.8) is 0 Å². The molecular weight excluding hydrogens is 390 g/mol. The number of nitrogens with zero attached hydrogens (tertiary/aromatic N) is 1. The third-order valence-corrected chi connectivity index (χ3v) is 6.00. The molecule has 164 valence electrons. The van der Waals surface area contributed by atoms with Crippen molar-refractivity contribution >= 4 is 29.1 Å². The maximum Gasteiger partial charge on any atom is 0.250 e. The number of carbonyl (C=O) groups excluding carboxylic acids is 3. The van der Waals surface area contributed by atoms with E-state index in [4.69, 9.17) is 0 Å². The Bertz CT molecular complexity index is 929. The third kappa shape index (κ3) is 4.95. The van der Waals surface area contributed by atoms with Gasteiger partial charge in [-0.1, -0.05) is 55.7 Å². The summed E-state index contributed by atoms with van der Waals surface area (Å²) in [5.41, 5.74) is 2.41. The molecule has 2 aromatic rings. The van der Waals surface area contributed by atoms with Gasteiger partial charge in [0.15, 0.2) is 0 Å². The summed E-state index contributed by atoms with van der Waals surface area (Å²) in [6.07, 6.45) is 3.89. The van der Waals surface area contributed by atoms with Gasteiger partial charge in [-0.2, -0.15) is 0 Å². The molecule has 0 bridgehead atoms. The van der Waals surface area contributed by atoms with Gasteiger partial charge in [0, 0.05) is 18.3 Å². The summed E-state index contributed by atoms with van der Waals surface area (Å²) >= 11 is 0. The second-order valence-electron chi connectivity index (χ2n) is 8.29. The maximum absolute atomic E-state index is 13.9. The summed E-state index contributed by atoms with van der Waals surface area (Å²) < 4.78 is 0. The van der Waals surface area contributed by atoms with Gasteiger partial charge in [-0.25, -0.2) is 0 Å². The molecule has 1 fully saturated rings. The van der Waals surface area contributed by atoms with Crippen LogP contribution < -0.4 is 15.5 Å². The number of hydrogen-bond acceptors (Lipinski definition) is 3. The van der Waals surface area contributed by atoms with Crippen molar-refractivity contribution in [3.05, 3.63) is 59.7 Å². The zero-order chi connectivity index (χ0) is 22.4. The maximum atomic E-state index is 13.9. The van der Waals surface area contributed by atoms with Gasteiger partial charge in [0.25, 0.3) is 5.91 Å². The number of rotatable bonds is 6. The Morgan fingerprint density at radius 2 is 1.52 bits per heavy atom. The zero-order valence-electron chi connectivity index (χ0n) is 18.5. The molecule has 0 aliphatic heterocycles. The molecule has 3 rings (SSSR count). The average Bonchev–Trinajstić information content (AvgIpc) is 2.76. The first-order chi connectivity index (χ1) is 14.8. The van der Waals surface area contributed by atoms with Crippen molar-refractivity contribution in [2.45, 2.75) is 58.4 Å². The molecule has 2 N–H and O–H groups in total. The lowest BCUT2D eigenvalue weighted by Gasteiger charge is -2.45. The number of benzene rings is 2. The van der Waals surface area contributed by atoms with Gasteiger partial charge < -0.3 is 10.6 Å². The van der Waals surface area contributed by atoms with E-state index in [1.807, 2.05) is 62.4 Å². The van der Waals surface area contributed by atoms with Crippen molar-refractivity contribution in [1.29, 1.82) is 0 Å². The fourth-order valence-electron chi connectivity index (χ4n) is 4.42. The molecule has 0 spiro atoms. The Hall–Kier alpha value is -3.15. The molecule has 3 amide bonds. The van der Waals surface area contributed by atoms with Gasteiger partial charge in [-0.3, -0.25) is 19.3 Å². The first-order valence-corrected chi connectivity index (χ1v) is 10.9. The lowest BCUT2D eigenvalue weighted by Crippen LogP contribution is -2.62. The Kier molecular flexibility index (Phi) is 7.10. The van der Waals surface area contributed by atoms with E-state index in [0.717, 1.165) is 36.1 Å². The number of carbonyl (C=O) groups is 3. The summed E-state index contributed by atoms with van der Waals surface area (Å²) in [6, 6.07) is 15.2. The molecule has 1 aliphatic rings. The molecule has 1 aliphatic carbocycles. The van der Waals surface area contributed by atoms with Crippen LogP contribution in [0.25, 0.3) is 0 Å². The highest BCUT2D eigenvalue weighted by molar-refractivity contribution is 6.09. The highest BCUT2D eigenvalue weighted by Gasteiger charge is 2.47. The van der Waals surface area contributed by atoms with Crippen molar-refractivity contribution in [2.24, 2.45) is 0 Å². The molecule has 0 aromatic heterocycles. The zero-order valence-corrected chi connectivity index (χ0v) is 18.5. The molecule has 0 atom stereocenters. The number of para-hydroxylation sites is 2. The summed E-state index contributed by atoms with van der Waals surface area (Å²) in [5, 5.41) is 5.74. The van der Waals surface area contributed by atoms with Crippen LogP contribution in [0.3, 0.4) is 0 Å². The monoisotopic (exact) mass is 421 g/mol. The fourth-order valence-corrected chi connectivity index (χ4v) is 4.42. The number of nitrogens with one attached hydrogen (secondary N) is 2. The normalized spacial score (nSPS) is 15.1. The van der Waals surface area contributed by atoms with Crippen molar-refractivity contribution in [1.82, 2.24) is 5.32 Å². The third-order valence-electron chi connectivity index (χ3n) is 6.00. The van der Waals surface area contributed by atoms with E-state index in [1.54, 1.807) is 4.90 Å². The van der Waals surface area contributed by atoms with Crippen LogP contribution in [-0.4, -0.2) is 29.8 Å². The summed E-state index contributed by atoms with van der Waals surface area (Å²) in [4.78, 5) is 40.3. The van der Waals surface area contributed by atoms with Crippen molar-refractivity contribution in [2.75, 3.05) is 16.8 Å².